The summed E-state index contributed by atoms with van der Waals surface area (Å²) in [5.41, 5.74) is 0.545. The van der Waals surface area contributed by atoms with Gasteiger partial charge < -0.3 is 14.4 Å². The Morgan fingerprint density at radius 2 is 2.16 bits per heavy atom. The number of piperidine rings is 1. The number of aromatic nitrogens is 2. The van der Waals surface area contributed by atoms with Gasteiger partial charge >= 0.3 is 5.97 Å². The van der Waals surface area contributed by atoms with E-state index in [1.807, 2.05) is 12.5 Å². The van der Waals surface area contributed by atoms with Crippen LogP contribution in [0.15, 0.2) is 12.5 Å². The molecule has 3 rings (SSSR count). The predicted octanol–water partition coefficient (Wildman–Crippen LogP) is 3.09. The lowest BCUT2D eigenvalue weighted by Gasteiger charge is -2.40. The van der Waals surface area contributed by atoms with Crippen LogP contribution in [0.25, 0.3) is 0 Å². The molecular formula is C19H31N3O3. The van der Waals surface area contributed by atoms with Crippen molar-refractivity contribution >= 4 is 5.97 Å². The van der Waals surface area contributed by atoms with E-state index < -0.39 is 11.4 Å². The second-order valence-corrected chi connectivity index (χ2v) is 7.73. The van der Waals surface area contributed by atoms with E-state index >= 15 is 0 Å². The van der Waals surface area contributed by atoms with Crippen LogP contribution in [0.1, 0.15) is 63.1 Å². The minimum Gasteiger partial charge on any atom is -0.481 e. The largest absolute Gasteiger partial charge is 0.481 e. The quantitative estimate of drug-likeness (QED) is 0.819. The molecule has 1 aliphatic heterocycles. The number of carbonyl (C=O) groups is 1. The number of rotatable bonds is 7. The first-order valence-electron chi connectivity index (χ1n) is 9.60. The third-order valence-corrected chi connectivity index (χ3v) is 5.99. The molecule has 140 valence electrons. The number of ether oxygens (including phenoxy) is 1. The standard InChI is InChI=1S/C19H31N3O3/c1-25-11-9-19(18(23)24)8-5-10-21(14-19)13-17-12-20-15-22(17)16-6-3-2-4-7-16/h12,15-16H,2-11,13-14H2,1H3,(H,23,24). The summed E-state index contributed by atoms with van der Waals surface area (Å²) in [7, 11) is 1.64. The van der Waals surface area contributed by atoms with Gasteiger partial charge in [0.2, 0.25) is 0 Å². The van der Waals surface area contributed by atoms with Crippen LogP contribution in [0.3, 0.4) is 0 Å². The fraction of sp³-hybridized carbons (Fsp3) is 0.789. The molecule has 2 aliphatic rings. The van der Waals surface area contributed by atoms with E-state index in [0.29, 0.717) is 25.6 Å². The number of methoxy groups -OCH3 is 1. The molecule has 1 aromatic rings. The third kappa shape index (κ3) is 4.23. The Hall–Kier alpha value is -1.40. The Kier molecular flexibility index (Phi) is 6.12. The van der Waals surface area contributed by atoms with Crippen molar-refractivity contribution in [2.45, 2.75) is 64.0 Å². The Morgan fingerprint density at radius 3 is 2.88 bits per heavy atom. The van der Waals surface area contributed by atoms with Gasteiger partial charge in [0, 0.05) is 39.0 Å². The fourth-order valence-corrected chi connectivity index (χ4v) is 4.52. The summed E-state index contributed by atoms with van der Waals surface area (Å²) in [6.45, 7) is 2.85. The smallest absolute Gasteiger partial charge is 0.311 e. The maximum absolute atomic E-state index is 11.9. The first kappa shape index (κ1) is 18.4. The Labute approximate surface area is 150 Å². The molecule has 0 amide bonds. The van der Waals surface area contributed by atoms with Crippen LogP contribution in [0.5, 0.6) is 0 Å². The molecule has 0 radical (unpaired) electrons. The number of likely N-dealkylation sites (tertiary alicyclic amines) is 1. The molecule has 6 nitrogen and oxygen atoms in total. The van der Waals surface area contributed by atoms with E-state index in [-0.39, 0.29) is 0 Å². The molecule has 1 N–H and O–H groups in total. The van der Waals surface area contributed by atoms with Crippen molar-refractivity contribution in [3.8, 4) is 0 Å². The van der Waals surface area contributed by atoms with Crippen LogP contribution in [0.4, 0.5) is 0 Å². The Morgan fingerprint density at radius 1 is 1.36 bits per heavy atom. The fourth-order valence-electron chi connectivity index (χ4n) is 4.52. The zero-order chi connectivity index (χ0) is 17.7. The maximum Gasteiger partial charge on any atom is 0.311 e. The van der Waals surface area contributed by atoms with Gasteiger partial charge in [0.1, 0.15) is 0 Å². The minimum absolute atomic E-state index is 0.500. The van der Waals surface area contributed by atoms with Crippen LogP contribution < -0.4 is 0 Å². The minimum atomic E-state index is -0.685. The van der Waals surface area contributed by atoms with E-state index in [9.17, 15) is 9.90 Å². The molecule has 1 saturated heterocycles. The molecular weight excluding hydrogens is 318 g/mol. The van der Waals surface area contributed by atoms with Gasteiger partial charge in [-0.25, -0.2) is 4.98 Å². The monoisotopic (exact) mass is 349 g/mol. The third-order valence-electron chi connectivity index (χ3n) is 5.99. The molecule has 2 heterocycles. The van der Waals surface area contributed by atoms with Gasteiger partial charge in [0.25, 0.3) is 0 Å². The number of hydrogen-bond donors (Lipinski definition) is 1. The zero-order valence-corrected chi connectivity index (χ0v) is 15.3. The van der Waals surface area contributed by atoms with E-state index in [1.165, 1.54) is 37.8 Å². The molecule has 1 saturated carbocycles. The van der Waals surface area contributed by atoms with E-state index in [0.717, 1.165) is 25.9 Å². The van der Waals surface area contributed by atoms with Crippen molar-refractivity contribution in [2.24, 2.45) is 5.41 Å². The number of imidazole rings is 1. The average molecular weight is 349 g/mol. The van der Waals surface area contributed by atoms with Crippen molar-refractivity contribution in [2.75, 3.05) is 26.8 Å². The van der Waals surface area contributed by atoms with E-state index in [1.54, 1.807) is 7.11 Å². The lowest BCUT2D eigenvalue weighted by Crippen LogP contribution is -2.48. The second-order valence-electron chi connectivity index (χ2n) is 7.73. The van der Waals surface area contributed by atoms with Crippen LogP contribution in [-0.2, 0) is 16.1 Å². The Bertz CT molecular complexity index is 568. The molecule has 0 aromatic carbocycles. The first-order valence-corrected chi connectivity index (χ1v) is 9.60. The first-order chi connectivity index (χ1) is 12.1. The van der Waals surface area contributed by atoms with Crippen LogP contribution in [0, 0.1) is 5.41 Å². The lowest BCUT2D eigenvalue weighted by atomic mass is 9.77. The number of aliphatic carboxylic acids is 1. The molecule has 1 aromatic heterocycles. The number of nitrogens with zero attached hydrogens (tertiary/aromatic N) is 3. The SMILES string of the molecule is COCCC1(C(=O)O)CCCN(Cc2cncn2C2CCCCC2)C1. The lowest BCUT2D eigenvalue weighted by molar-refractivity contribution is -0.154. The van der Waals surface area contributed by atoms with Gasteiger partial charge in [-0.2, -0.15) is 0 Å². The highest BCUT2D eigenvalue weighted by Gasteiger charge is 2.42. The van der Waals surface area contributed by atoms with Gasteiger partial charge in [0.15, 0.2) is 0 Å². The molecule has 1 unspecified atom stereocenters. The maximum atomic E-state index is 11.9. The van der Waals surface area contributed by atoms with E-state index in [4.69, 9.17) is 4.74 Å². The van der Waals surface area contributed by atoms with Crippen molar-refractivity contribution in [1.29, 1.82) is 0 Å². The second kappa shape index (κ2) is 8.32. The van der Waals surface area contributed by atoms with Gasteiger partial charge in [0.05, 0.1) is 17.4 Å². The Balaban J connectivity index is 1.68. The van der Waals surface area contributed by atoms with Crippen molar-refractivity contribution in [3.05, 3.63) is 18.2 Å². The van der Waals surface area contributed by atoms with Gasteiger partial charge in [-0.05, 0) is 38.6 Å². The highest BCUT2D eigenvalue weighted by Crippen LogP contribution is 2.35. The number of carboxylic acids is 1. The highest BCUT2D eigenvalue weighted by molar-refractivity contribution is 5.75. The van der Waals surface area contributed by atoms with Crippen molar-refractivity contribution < 1.29 is 14.6 Å². The van der Waals surface area contributed by atoms with E-state index in [2.05, 4.69) is 14.5 Å². The summed E-state index contributed by atoms with van der Waals surface area (Å²) >= 11 is 0. The number of carboxylic acid groups (broad SMARTS) is 1. The highest BCUT2D eigenvalue weighted by atomic mass is 16.5. The predicted molar refractivity (Wildman–Crippen MR) is 95.4 cm³/mol. The number of hydrogen-bond acceptors (Lipinski definition) is 4. The van der Waals surface area contributed by atoms with Crippen LogP contribution >= 0.6 is 0 Å². The van der Waals surface area contributed by atoms with Gasteiger partial charge in [-0.3, -0.25) is 9.69 Å². The van der Waals surface area contributed by atoms with Crippen molar-refractivity contribution in [1.82, 2.24) is 14.5 Å². The molecule has 1 aliphatic carbocycles. The summed E-state index contributed by atoms with van der Waals surface area (Å²) < 4.78 is 7.50. The van der Waals surface area contributed by atoms with Crippen molar-refractivity contribution in [3.63, 3.8) is 0 Å². The molecule has 1 atom stereocenters. The topological polar surface area (TPSA) is 67.6 Å². The van der Waals surface area contributed by atoms with Gasteiger partial charge in [-0.1, -0.05) is 19.3 Å². The summed E-state index contributed by atoms with van der Waals surface area (Å²) in [5.74, 6) is -0.685. The molecule has 2 fully saturated rings. The van der Waals surface area contributed by atoms with Gasteiger partial charge in [-0.15, -0.1) is 0 Å². The van der Waals surface area contributed by atoms with Crippen LogP contribution in [0.2, 0.25) is 0 Å². The molecule has 25 heavy (non-hydrogen) atoms. The molecule has 0 bridgehead atoms. The molecule has 6 heteroatoms. The molecule has 0 spiro atoms. The van der Waals surface area contributed by atoms with Crippen LogP contribution in [-0.4, -0.2) is 52.3 Å². The summed E-state index contributed by atoms with van der Waals surface area (Å²) in [4.78, 5) is 18.6. The zero-order valence-electron chi connectivity index (χ0n) is 15.3. The average Bonchev–Trinajstić information content (AvgIpc) is 3.09. The normalized spacial score (nSPS) is 26.0. The summed E-state index contributed by atoms with van der Waals surface area (Å²) in [6.07, 6.45) is 12.6. The summed E-state index contributed by atoms with van der Waals surface area (Å²) in [6, 6.07) is 0.564. The summed E-state index contributed by atoms with van der Waals surface area (Å²) in [5, 5.41) is 9.82.